The maximum atomic E-state index is 13.1. The van der Waals surface area contributed by atoms with E-state index < -0.39 is 46.3 Å². The lowest BCUT2D eigenvalue weighted by atomic mass is 9.42. The summed E-state index contributed by atoms with van der Waals surface area (Å²) in [5.41, 5.74) is -2.67. The Morgan fingerprint density at radius 2 is 1.94 bits per heavy atom. The molecule has 8 nitrogen and oxygen atoms in total. The quantitative estimate of drug-likeness (QED) is 0.539. The van der Waals surface area contributed by atoms with Crippen LogP contribution in [0.25, 0.3) is 11.3 Å². The molecule has 0 aromatic carbocycles. The van der Waals surface area contributed by atoms with Gasteiger partial charge in [0.2, 0.25) is 0 Å². The van der Waals surface area contributed by atoms with Crippen LogP contribution in [0.1, 0.15) is 51.7 Å². The first-order valence-corrected chi connectivity index (χ1v) is 11.5. The van der Waals surface area contributed by atoms with E-state index >= 15 is 0 Å². The molecule has 33 heavy (non-hydrogen) atoms. The molecule has 2 fully saturated rings. The maximum absolute atomic E-state index is 13.1. The molecule has 8 heteroatoms. The zero-order valence-electron chi connectivity index (χ0n) is 19.1. The average molecular weight is 458 g/mol. The number of aliphatic hydroxyl groups is 4. The van der Waals surface area contributed by atoms with Crippen LogP contribution in [0.3, 0.4) is 0 Å². The van der Waals surface area contributed by atoms with Crippen molar-refractivity contribution in [2.45, 2.75) is 63.9 Å². The molecular weight excluding hydrogens is 426 g/mol. The minimum atomic E-state index is -1.24. The molecule has 0 amide bonds. The third kappa shape index (κ3) is 2.97. The zero-order valence-corrected chi connectivity index (χ0v) is 19.1. The van der Waals surface area contributed by atoms with Gasteiger partial charge in [-0.1, -0.05) is 13.8 Å². The van der Waals surface area contributed by atoms with Gasteiger partial charge in [-0.2, -0.15) is 0 Å². The highest BCUT2D eigenvalue weighted by Crippen LogP contribution is 2.66. The SMILES string of the molecule is C[C@]12CC[C@H](O)[C@@](C)(CO)C1C[C@H](O)[C@@]1(C)Oc3cc(-c4cccnc4)oc(=O)c3C(O)C21. The van der Waals surface area contributed by atoms with Crippen LogP contribution in [-0.2, 0) is 0 Å². The summed E-state index contributed by atoms with van der Waals surface area (Å²) in [6.07, 6.45) is 1.56. The van der Waals surface area contributed by atoms with Gasteiger partial charge >= 0.3 is 5.63 Å². The molecule has 0 spiro atoms. The van der Waals surface area contributed by atoms with Crippen molar-refractivity contribution in [1.29, 1.82) is 0 Å². The van der Waals surface area contributed by atoms with E-state index in [0.717, 1.165) is 0 Å². The molecule has 5 rings (SSSR count). The van der Waals surface area contributed by atoms with Crippen molar-refractivity contribution in [2.75, 3.05) is 6.61 Å². The third-order valence-electron chi connectivity index (χ3n) is 8.94. The third-order valence-corrected chi connectivity index (χ3v) is 8.94. The van der Waals surface area contributed by atoms with Gasteiger partial charge < -0.3 is 29.6 Å². The predicted molar refractivity (Wildman–Crippen MR) is 118 cm³/mol. The topological polar surface area (TPSA) is 133 Å². The van der Waals surface area contributed by atoms with Gasteiger partial charge in [0.15, 0.2) is 0 Å². The van der Waals surface area contributed by atoms with Gasteiger partial charge in [-0.15, -0.1) is 0 Å². The number of fused-ring (bicyclic) bond motifs is 4. The minimum absolute atomic E-state index is 0.0380. The Hall–Kier alpha value is -2.26. The first kappa shape index (κ1) is 22.5. The van der Waals surface area contributed by atoms with Crippen LogP contribution in [0.2, 0.25) is 0 Å². The van der Waals surface area contributed by atoms with E-state index in [1.54, 1.807) is 37.5 Å². The number of hydrogen-bond donors (Lipinski definition) is 4. The van der Waals surface area contributed by atoms with Crippen molar-refractivity contribution in [3.8, 4) is 17.1 Å². The van der Waals surface area contributed by atoms with Crippen LogP contribution < -0.4 is 10.4 Å². The Morgan fingerprint density at radius 1 is 1.18 bits per heavy atom. The summed E-state index contributed by atoms with van der Waals surface area (Å²) in [7, 11) is 0. The van der Waals surface area contributed by atoms with Gasteiger partial charge in [0.25, 0.3) is 0 Å². The number of nitrogens with zero attached hydrogens (tertiary/aromatic N) is 1. The van der Waals surface area contributed by atoms with Gasteiger partial charge in [0, 0.05) is 35.4 Å². The Kier molecular flexibility index (Phi) is 5.03. The van der Waals surface area contributed by atoms with Crippen molar-refractivity contribution >= 4 is 0 Å². The van der Waals surface area contributed by atoms with E-state index in [9.17, 15) is 25.2 Å². The maximum Gasteiger partial charge on any atom is 0.345 e. The molecule has 3 aliphatic rings. The molecule has 2 aromatic rings. The summed E-state index contributed by atoms with van der Waals surface area (Å²) in [6, 6.07) is 5.05. The predicted octanol–water partition coefficient (Wildman–Crippen LogP) is 2.04. The lowest BCUT2D eigenvalue weighted by Crippen LogP contribution is -2.70. The number of aromatic nitrogens is 1. The van der Waals surface area contributed by atoms with E-state index in [-0.39, 0.29) is 29.6 Å². The van der Waals surface area contributed by atoms with E-state index in [1.165, 1.54) is 0 Å². The summed E-state index contributed by atoms with van der Waals surface area (Å²) in [4.78, 5) is 17.1. The van der Waals surface area contributed by atoms with Crippen LogP contribution in [0, 0.1) is 22.7 Å². The second kappa shape index (κ2) is 7.37. The standard InChI is InChI=1S/C25H31NO7/c1-23-7-6-17(28)24(2,12-27)16(23)10-18(29)25(3)21(23)20(30)19-15(33-25)9-14(32-22(19)31)13-5-4-8-26-11-13/h4-5,8-9,11,16-18,20-21,27-30H,6-7,10,12H2,1-3H3/t16?,17-,18-,20?,21?,23-,24-,25+/m0/s1. The van der Waals surface area contributed by atoms with Gasteiger partial charge in [-0.05, 0) is 49.7 Å². The van der Waals surface area contributed by atoms with Crippen LogP contribution in [0.4, 0.5) is 0 Å². The van der Waals surface area contributed by atoms with Crippen molar-refractivity contribution in [3.63, 3.8) is 0 Å². The molecule has 1 aliphatic heterocycles. The number of ether oxygens (including phenoxy) is 1. The molecule has 2 aromatic heterocycles. The molecule has 2 saturated carbocycles. The van der Waals surface area contributed by atoms with E-state index in [1.807, 2.05) is 13.8 Å². The van der Waals surface area contributed by atoms with Crippen molar-refractivity contribution in [1.82, 2.24) is 4.98 Å². The van der Waals surface area contributed by atoms with Gasteiger partial charge in [0.05, 0.1) is 24.9 Å². The zero-order chi connectivity index (χ0) is 23.8. The summed E-state index contributed by atoms with van der Waals surface area (Å²) in [5, 5.41) is 43.9. The molecule has 3 heterocycles. The molecule has 8 atom stereocenters. The van der Waals surface area contributed by atoms with E-state index in [4.69, 9.17) is 9.15 Å². The van der Waals surface area contributed by atoms with E-state index in [2.05, 4.69) is 4.98 Å². The van der Waals surface area contributed by atoms with E-state index in [0.29, 0.717) is 24.8 Å². The molecule has 0 bridgehead atoms. The average Bonchev–Trinajstić information content (AvgIpc) is 2.78. The Balaban J connectivity index is 1.65. The Bertz CT molecular complexity index is 1120. The van der Waals surface area contributed by atoms with Crippen molar-refractivity contribution in [3.05, 3.63) is 46.6 Å². The molecule has 4 N–H and O–H groups in total. The fraction of sp³-hybridized carbons (Fsp3) is 0.600. The second-order valence-electron chi connectivity index (χ2n) is 10.7. The highest BCUT2D eigenvalue weighted by molar-refractivity contribution is 5.59. The van der Waals surface area contributed by atoms with Crippen LogP contribution in [0.5, 0.6) is 5.75 Å². The van der Waals surface area contributed by atoms with Crippen LogP contribution in [-0.4, -0.2) is 49.8 Å². The number of rotatable bonds is 2. The fourth-order valence-electron chi connectivity index (χ4n) is 7.08. The molecule has 0 saturated heterocycles. The van der Waals surface area contributed by atoms with Gasteiger partial charge in [-0.3, -0.25) is 4.98 Å². The highest BCUT2D eigenvalue weighted by Gasteiger charge is 2.68. The summed E-state index contributed by atoms with van der Waals surface area (Å²) in [5.74, 6) is -0.465. The molecule has 0 radical (unpaired) electrons. The Morgan fingerprint density at radius 3 is 2.61 bits per heavy atom. The van der Waals surface area contributed by atoms with Crippen LogP contribution in [0.15, 0.2) is 39.8 Å². The molecular formula is C25H31NO7. The van der Waals surface area contributed by atoms with Gasteiger partial charge in [-0.25, -0.2) is 4.79 Å². The van der Waals surface area contributed by atoms with Crippen LogP contribution >= 0.6 is 0 Å². The first-order chi connectivity index (χ1) is 15.6. The number of pyridine rings is 1. The first-order valence-electron chi connectivity index (χ1n) is 11.5. The normalized spacial score (nSPS) is 42.0. The summed E-state index contributed by atoms with van der Waals surface area (Å²) < 4.78 is 11.9. The highest BCUT2D eigenvalue weighted by atomic mass is 16.5. The largest absolute Gasteiger partial charge is 0.484 e. The lowest BCUT2D eigenvalue weighted by molar-refractivity contribution is -0.264. The minimum Gasteiger partial charge on any atom is -0.484 e. The molecule has 178 valence electrons. The molecule has 3 unspecified atom stereocenters. The smallest absolute Gasteiger partial charge is 0.345 e. The lowest BCUT2D eigenvalue weighted by Gasteiger charge is -2.66. The second-order valence-corrected chi connectivity index (χ2v) is 10.7. The van der Waals surface area contributed by atoms with Crippen molar-refractivity contribution < 1.29 is 29.6 Å². The number of aliphatic hydroxyl groups excluding tert-OH is 4. The molecule has 2 aliphatic carbocycles. The monoisotopic (exact) mass is 457 g/mol. The number of hydrogen-bond acceptors (Lipinski definition) is 8. The summed E-state index contributed by atoms with van der Waals surface area (Å²) in [6.45, 7) is 5.37. The Labute approximate surface area is 191 Å². The summed E-state index contributed by atoms with van der Waals surface area (Å²) >= 11 is 0. The fourth-order valence-corrected chi connectivity index (χ4v) is 7.08. The van der Waals surface area contributed by atoms with Gasteiger partial charge in [0.1, 0.15) is 22.7 Å². The van der Waals surface area contributed by atoms with Crippen molar-refractivity contribution in [2.24, 2.45) is 22.7 Å².